The maximum absolute atomic E-state index is 8.85. The van der Waals surface area contributed by atoms with E-state index in [0.717, 1.165) is 11.4 Å². The summed E-state index contributed by atoms with van der Waals surface area (Å²) < 4.78 is 0. The summed E-state index contributed by atoms with van der Waals surface area (Å²) in [6.45, 7) is 12.3. The van der Waals surface area contributed by atoms with Gasteiger partial charge in [-0.15, -0.1) is 0 Å². The van der Waals surface area contributed by atoms with E-state index in [1.165, 1.54) is 11.1 Å². The molecule has 3 nitrogen and oxygen atoms in total. The Morgan fingerprint density at radius 1 is 0.947 bits per heavy atom. The second-order valence-electron chi connectivity index (χ2n) is 5.48. The van der Waals surface area contributed by atoms with E-state index in [1.807, 2.05) is 6.92 Å². The number of rotatable bonds is 4. The second kappa shape index (κ2) is 6.50. The van der Waals surface area contributed by atoms with Crippen LogP contribution in [0.1, 0.15) is 64.5 Å². The molecule has 0 bridgehead atoms. The molecule has 1 N–H and O–H groups in total. The van der Waals surface area contributed by atoms with Gasteiger partial charge < -0.3 is 5.21 Å². The highest BCUT2D eigenvalue weighted by molar-refractivity contribution is 6.40. The van der Waals surface area contributed by atoms with Gasteiger partial charge in [0.15, 0.2) is 0 Å². The fourth-order valence-electron chi connectivity index (χ4n) is 1.96. The van der Waals surface area contributed by atoms with E-state index in [1.54, 1.807) is 6.92 Å². The molecule has 0 aliphatic rings. The number of benzene rings is 1. The molecule has 0 saturated carbocycles. The van der Waals surface area contributed by atoms with Crippen LogP contribution >= 0.6 is 0 Å². The van der Waals surface area contributed by atoms with Gasteiger partial charge in [0.05, 0.1) is 17.1 Å². The van der Waals surface area contributed by atoms with Crippen molar-refractivity contribution >= 4 is 17.1 Å². The lowest BCUT2D eigenvalue weighted by Gasteiger charge is -2.17. The molecule has 1 rings (SSSR count). The minimum absolute atomic E-state index is 0.414. The van der Waals surface area contributed by atoms with E-state index < -0.39 is 0 Å². The average Bonchev–Trinajstić information content (AvgIpc) is 2.37. The molecule has 0 saturated heterocycles. The summed E-state index contributed by atoms with van der Waals surface area (Å²) in [6.07, 6.45) is 0. The van der Waals surface area contributed by atoms with Crippen LogP contribution in [0.2, 0.25) is 0 Å². The fraction of sp³-hybridized carbons (Fsp3) is 0.500. The minimum Gasteiger partial charge on any atom is -0.411 e. The Kier molecular flexibility index (Phi) is 5.28. The lowest BCUT2D eigenvalue weighted by atomic mass is 9.93. The third-order valence-electron chi connectivity index (χ3n) is 3.30. The fourth-order valence-corrected chi connectivity index (χ4v) is 1.96. The van der Waals surface area contributed by atoms with E-state index >= 15 is 0 Å². The molecule has 0 heterocycles. The second-order valence-corrected chi connectivity index (χ2v) is 5.48. The van der Waals surface area contributed by atoms with E-state index in [2.05, 4.69) is 51.0 Å². The first-order valence-electron chi connectivity index (χ1n) is 6.75. The van der Waals surface area contributed by atoms with E-state index in [9.17, 15) is 0 Å². The van der Waals surface area contributed by atoms with Crippen LogP contribution < -0.4 is 0 Å². The predicted octanol–water partition coefficient (Wildman–Crippen LogP) is 4.88. The van der Waals surface area contributed by atoms with Crippen molar-refractivity contribution in [3.8, 4) is 0 Å². The van der Waals surface area contributed by atoms with Crippen molar-refractivity contribution in [2.75, 3.05) is 0 Å². The third-order valence-corrected chi connectivity index (χ3v) is 3.30. The van der Waals surface area contributed by atoms with Gasteiger partial charge in [-0.25, -0.2) is 0 Å². The number of para-hydroxylation sites is 1. The first kappa shape index (κ1) is 15.4. The summed E-state index contributed by atoms with van der Waals surface area (Å²) in [5, 5.41) is 12.1. The number of aliphatic imine (C=N–C) groups is 1. The molecule has 0 radical (unpaired) electrons. The highest BCUT2D eigenvalue weighted by atomic mass is 16.4. The zero-order valence-corrected chi connectivity index (χ0v) is 12.7. The lowest BCUT2D eigenvalue weighted by Crippen LogP contribution is -2.06. The van der Waals surface area contributed by atoms with Crippen LogP contribution in [-0.2, 0) is 0 Å². The Bertz CT molecular complexity index is 473. The molecule has 0 spiro atoms. The van der Waals surface area contributed by atoms with Crippen LogP contribution in [0.25, 0.3) is 0 Å². The van der Waals surface area contributed by atoms with Crippen molar-refractivity contribution in [3.63, 3.8) is 0 Å². The van der Waals surface area contributed by atoms with Crippen LogP contribution in [0.4, 0.5) is 5.69 Å². The highest BCUT2D eigenvalue weighted by Gasteiger charge is 2.13. The topological polar surface area (TPSA) is 45.0 Å². The zero-order chi connectivity index (χ0) is 14.6. The van der Waals surface area contributed by atoms with Crippen LogP contribution in [0.3, 0.4) is 0 Å². The lowest BCUT2D eigenvalue weighted by molar-refractivity contribution is 0.320. The van der Waals surface area contributed by atoms with E-state index in [0.29, 0.717) is 17.5 Å². The van der Waals surface area contributed by atoms with Crippen molar-refractivity contribution in [3.05, 3.63) is 29.3 Å². The maximum Gasteiger partial charge on any atom is 0.0976 e. The van der Waals surface area contributed by atoms with Crippen LogP contribution in [0.5, 0.6) is 0 Å². The van der Waals surface area contributed by atoms with Crippen molar-refractivity contribution in [1.82, 2.24) is 0 Å². The summed E-state index contributed by atoms with van der Waals surface area (Å²) in [4.78, 5) is 4.70. The maximum atomic E-state index is 8.85. The van der Waals surface area contributed by atoms with Crippen molar-refractivity contribution in [2.24, 2.45) is 10.1 Å². The van der Waals surface area contributed by atoms with Crippen molar-refractivity contribution < 1.29 is 5.21 Å². The average molecular weight is 260 g/mol. The molecule has 0 amide bonds. The summed E-state index contributed by atoms with van der Waals surface area (Å²) >= 11 is 0. The first-order valence-corrected chi connectivity index (χ1v) is 6.75. The normalized spacial score (nSPS) is 13.5. The zero-order valence-electron chi connectivity index (χ0n) is 12.7. The van der Waals surface area contributed by atoms with Gasteiger partial charge in [-0.2, -0.15) is 0 Å². The van der Waals surface area contributed by atoms with Gasteiger partial charge >= 0.3 is 0 Å². The van der Waals surface area contributed by atoms with Gasteiger partial charge in [0.1, 0.15) is 0 Å². The molecule has 0 aliphatic heterocycles. The predicted molar refractivity (Wildman–Crippen MR) is 82.3 cm³/mol. The van der Waals surface area contributed by atoms with Crippen LogP contribution in [0.15, 0.2) is 28.3 Å². The van der Waals surface area contributed by atoms with Gasteiger partial charge in [0.2, 0.25) is 0 Å². The highest BCUT2D eigenvalue weighted by Crippen LogP contribution is 2.34. The summed E-state index contributed by atoms with van der Waals surface area (Å²) in [5.74, 6) is 0.827. The summed E-state index contributed by atoms with van der Waals surface area (Å²) in [5.41, 5.74) is 4.78. The van der Waals surface area contributed by atoms with Crippen LogP contribution in [0, 0.1) is 0 Å². The number of hydrogen-bond acceptors (Lipinski definition) is 3. The van der Waals surface area contributed by atoms with Crippen LogP contribution in [-0.4, -0.2) is 16.6 Å². The molecule has 0 aliphatic carbocycles. The molecular formula is C16H24N2O. The van der Waals surface area contributed by atoms with Gasteiger partial charge in [0.25, 0.3) is 0 Å². The molecule has 104 valence electrons. The van der Waals surface area contributed by atoms with E-state index in [4.69, 9.17) is 10.2 Å². The standard InChI is InChI=1S/C16H24N2O/c1-10(2)14-8-7-9-15(11(3)4)16(14)17-12(5)13(6)18-19/h7-11,19H,1-6H3. The molecule has 1 aromatic rings. The molecule has 0 aromatic heterocycles. The molecular weight excluding hydrogens is 236 g/mol. The Morgan fingerprint density at radius 3 is 1.79 bits per heavy atom. The Labute approximate surface area is 116 Å². The van der Waals surface area contributed by atoms with E-state index in [-0.39, 0.29) is 0 Å². The minimum atomic E-state index is 0.414. The SMILES string of the molecule is CC(=NO)C(C)=Nc1c(C(C)C)cccc1C(C)C. The van der Waals surface area contributed by atoms with Gasteiger partial charge in [-0.1, -0.05) is 51.0 Å². The molecule has 0 fully saturated rings. The van der Waals surface area contributed by atoms with Gasteiger partial charge in [0, 0.05) is 0 Å². The quantitative estimate of drug-likeness (QED) is 0.468. The third kappa shape index (κ3) is 3.66. The number of hydrogen-bond donors (Lipinski definition) is 1. The molecule has 0 unspecified atom stereocenters. The largest absolute Gasteiger partial charge is 0.411 e. The Hall–Kier alpha value is -1.64. The molecule has 1 aromatic carbocycles. The molecule has 0 atom stereocenters. The van der Waals surface area contributed by atoms with Gasteiger partial charge in [-0.3, -0.25) is 4.99 Å². The first-order chi connectivity index (χ1) is 8.88. The summed E-state index contributed by atoms with van der Waals surface area (Å²) in [6, 6.07) is 6.33. The Balaban J connectivity index is 3.46. The smallest absolute Gasteiger partial charge is 0.0976 e. The van der Waals surface area contributed by atoms with Crippen molar-refractivity contribution in [1.29, 1.82) is 0 Å². The molecule has 3 heteroatoms. The Morgan fingerprint density at radius 2 is 1.42 bits per heavy atom. The van der Waals surface area contributed by atoms with Gasteiger partial charge in [-0.05, 0) is 36.8 Å². The monoisotopic (exact) mass is 260 g/mol. The molecule has 19 heavy (non-hydrogen) atoms. The van der Waals surface area contributed by atoms with Crippen molar-refractivity contribution in [2.45, 2.75) is 53.4 Å². The number of oxime groups is 1. The summed E-state index contributed by atoms with van der Waals surface area (Å²) in [7, 11) is 0. The number of nitrogens with zero attached hydrogens (tertiary/aromatic N) is 2.